The Bertz CT molecular complexity index is 1040. The highest BCUT2D eigenvalue weighted by Crippen LogP contribution is 2.33. The standard InChI is InChI=1S/C21H19FN2O4/c22-17-7-3-1-6-15(17)21(26)24-23-20(25)12-27-13-9-10-19-16(11-13)14-5-2-4-8-18(14)28-19/h1,3,6-7,9-11H,2,4-5,8,12H2,(H,23,25)(H,24,26). The van der Waals surface area contributed by atoms with Crippen molar-refractivity contribution < 1.29 is 23.1 Å². The molecule has 2 amide bonds. The van der Waals surface area contributed by atoms with Crippen molar-refractivity contribution in [2.45, 2.75) is 25.7 Å². The van der Waals surface area contributed by atoms with Crippen molar-refractivity contribution in [2.24, 2.45) is 0 Å². The normalized spacial score (nSPS) is 13.0. The first-order valence-corrected chi connectivity index (χ1v) is 9.12. The molecule has 0 saturated carbocycles. The van der Waals surface area contributed by atoms with E-state index in [1.165, 1.54) is 29.8 Å². The van der Waals surface area contributed by atoms with Crippen LogP contribution in [0.2, 0.25) is 0 Å². The molecule has 144 valence electrons. The van der Waals surface area contributed by atoms with E-state index in [4.69, 9.17) is 9.15 Å². The number of carbonyl (C=O) groups is 2. The molecule has 0 unspecified atom stereocenters. The van der Waals surface area contributed by atoms with Gasteiger partial charge in [-0.25, -0.2) is 4.39 Å². The summed E-state index contributed by atoms with van der Waals surface area (Å²) in [5, 5.41) is 1.01. The fraction of sp³-hybridized carbons (Fsp3) is 0.238. The zero-order valence-electron chi connectivity index (χ0n) is 15.1. The largest absolute Gasteiger partial charge is 0.484 e. The third-order valence-electron chi connectivity index (χ3n) is 4.73. The lowest BCUT2D eigenvalue weighted by atomic mass is 9.96. The van der Waals surface area contributed by atoms with Crippen LogP contribution in [-0.4, -0.2) is 18.4 Å². The molecule has 2 N–H and O–H groups in total. The van der Waals surface area contributed by atoms with Crippen LogP contribution in [0.25, 0.3) is 11.0 Å². The molecular weight excluding hydrogens is 363 g/mol. The summed E-state index contributed by atoms with van der Waals surface area (Å²) in [6, 6.07) is 11.0. The van der Waals surface area contributed by atoms with Crippen molar-refractivity contribution in [3.05, 3.63) is 65.2 Å². The van der Waals surface area contributed by atoms with Gasteiger partial charge in [-0.1, -0.05) is 12.1 Å². The lowest BCUT2D eigenvalue weighted by Crippen LogP contribution is -2.44. The van der Waals surface area contributed by atoms with E-state index in [0.717, 1.165) is 42.4 Å². The maximum Gasteiger partial charge on any atom is 0.276 e. The molecule has 1 aromatic heterocycles. The zero-order chi connectivity index (χ0) is 19.5. The second-order valence-corrected chi connectivity index (χ2v) is 6.64. The number of hydrazine groups is 1. The Morgan fingerprint density at radius 2 is 1.89 bits per heavy atom. The van der Waals surface area contributed by atoms with Crippen LogP contribution < -0.4 is 15.6 Å². The van der Waals surface area contributed by atoms with E-state index in [0.29, 0.717) is 5.75 Å². The van der Waals surface area contributed by atoms with Crippen LogP contribution in [0.4, 0.5) is 4.39 Å². The molecule has 1 aliphatic carbocycles. The van der Waals surface area contributed by atoms with E-state index in [9.17, 15) is 14.0 Å². The van der Waals surface area contributed by atoms with Gasteiger partial charge in [0.1, 0.15) is 22.9 Å². The van der Waals surface area contributed by atoms with E-state index in [2.05, 4.69) is 10.9 Å². The topological polar surface area (TPSA) is 80.6 Å². The molecule has 0 aliphatic heterocycles. The predicted octanol–water partition coefficient (Wildman–Crippen LogP) is 3.29. The molecule has 28 heavy (non-hydrogen) atoms. The van der Waals surface area contributed by atoms with Crippen LogP contribution >= 0.6 is 0 Å². The number of hydrogen-bond donors (Lipinski definition) is 2. The van der Waals surface area contributed by atoms with Gasteiger partial charge < -0.3 is 9.15 Å². The van der Waals surface area contributed by atoms with E-state index < -0.39 is 17.6 Å². The average molecular weight is 382 g/mol. The summed E-state index contributed by atoms with van der Waals surface area (Å²) in [6.45, 7) is -0.289. The molecule has 2 aromatic carbocycles. The first kappa shape index (κ1) is 18.0. The number of halogens is 1. The van der Waals surface area contributed by atoms with Crippen LogP contribution in [0.5, 0.6) is 5.75 Å². The number of amides is 2. The Morgan fingerprint density at radius 1 is 1.07 bits per heavy atom. The molecule has 1 aliphatic rings. The molecule has 0 atom stereocenters. The minimum absolute atomic E-state index is 0.154. The van der Waals surface area contributed by atoms with Crippen LogP contribution in [0.15, 0.2) is 46.9 Å². The summed E-state index contributed by atoms with van der Waals surface area (Å²) >= 11 is 0. The Labute approximate surface area is 160 Å². The minimum Gasteiger partial charge on any atom is -0.484 e. The van der Waals surface area contributed by atoms with Crippen molar-refractivity contribution in [1.29, 1.82) is 0 Å². The summed E-state index contributed by atoms with van der Waals surface area (Å²) in [5.74, 6) is -0.386. The maximum absolute atomic E-state index is 13.5. The van der Waals surface area contributed by atoms with Crippen LogP contribution in [0.1, 0.15) is 34.5 Å². The molecule has 0 fully saturated rings. The fourth-order valence-electron chi connectivity index (χ4n) is 3.36. The van der Waals surface area contributed by atoms with Crippen molar-refractivity contribution in [3.63, 3.8) is 0 Å². The van der Waals surface area contributed by atoms with E-state index >= 15 is 0 Å². The van der Waals surface area contributed by atoms with Crippen molar-refractivity contribution in [2.75, 3.05) is 6.61 Å². The molecule has 0 bridgehead atoms. The summed E-state index contributed by atoms with van der Waals surface area (Å²) in [4.78, 5) is 23.8. The number of hydrogen-bond acceptors (Lipinski definition) is 4. The summed E-state index contributed by atoms with van der Waals surface area (Å²) < 4.78 is 24.9. The highest BCUT2D eigenvalue weighted by atomic mass is 19.1. The fourth-order valence-corrected chi connectivity index (χ4v) is 3.36. The third kappa shape index (κ3) is 3.69. The number of fused-ring (bicyclic) bond motifs is 3. The smallest absolute Gasteiger partial charge is 0.276 e. The quantitative estimate of drug-likeness (QED) is 0.679. The molecule has 3 aromatic rings. The Kier molecular flexibility index (Phi) is 4.97. The Balaban J connectivity index is 1.34. The van der Waals surface area contributed by atoms with Gasteiger partial charge in [-0.3, -0.25) is 20.4 Å². The molecular formula is C21H19FN2O4. The number of nitrogens with one attached hydrogen (secondary N) is 2. The number of carbonyl (C=O) groups excluding carboxylic acids is 2. The summed E-state index contributed by atoms with van der Waals surface area (Å²) in [6.07, 6.45) is 4.20. The van der Waals surface area contributed by atoms with Crippen LogP contribution in [0.3, 0.4) is 0 Å². The SMILES string of the molecule is O=C(COc1ccc2oc3c(c2c1)CCCC3)NNC(=O)c1ccccc1F. The molecule has 4 rings (SSSR count). The number of rotatable bonds is 4. The second kappa shape index (κ2) is 7.72. The number of benzene rings is 2. The van der Waals surface area contributed by atoms with Crippen LogP contribution in [-0.2, 0) is 17.6 Å². The van der Waals surface area contributed by atoms with E-state index in [1.54, 1.807) is 6.07 Å². The van der Waals surface area contributed by atoms with Gasteiger partial charge in [-0.2, -0.15) is 0 Å². The van der Waals surface area contributed by atoms with Crippen molar-refractivity contribution in [1.82, 2.24) is 10.9 Å². The molecule has 7 heteroatoms. The van der Waals surface area contributed by atoms with Gasteiger partial charge in [-0.15, -0.1) is 0 Å². The first-order valence-electron chi connectivity index (χ1n) is 9.12. The summed E-state index contributed by atoms with van der Waals surface area (Å²) in [5.41, 5.74) is 6.26. The molecule has 0 spiro atoms. The van der Waals surface area contributed by atoms with Crippen LogP contribution in [0, 0.1) is 5.82 Å². The van der Waals surface area contributed by atoms with Gasteiger partial charge in [-0.05, 0) is 49.6 Å². The first-order chi connectivity index (χ1) is 13.6. The van der Waals surface area contributed by atoms with Gasteiger partial charge in [0.2, 0.25) is 0 Å². The third-order valence-corrected chi connectivity index (χ3v) is 4.73. The predicted molar refractivity (Wildman–Crippen MR) is 100 cm³/mol. The Morgan fingerprint density at radius 3 is 2.75 bits per heavy atom. The molecule has 1 heterocycles. The van der Waals surface area contributed by atoms with Crippen molar-refractivity contribution >= 4 is 22.8 Å². The maximum atomic E-state index is 13.5. The lowest BCUT2D eigenvalue weighted by Gasteiger charge is -2.10. The van der Waals surface area contributed by atoms with E-state index in [-0.39, 0.29) is 12.2 Å². The average Bonchev–Trinajstić information content (AvgIpc) is 3.09. The van der Waals surface area contributed by atoms with Crippen molar-refractivity contribution in [3.8, 4) is 5.75 Å². The van der Waals surface area contributed by atoms with Gasteiger partial charge in [0.05, 0.1) is 5.56 Å². The molecule has 0 radical (unpaired) electrons. The Hall–Kier alpha value is -3.35. The van der Waals surface area contributed by atoms with Gasteiger partial charge >= 0.3 is 0 Å². The highest BCUT2D eigenvalue weighted by molar-refractivity contribution is 5.95. The van der Waals surface area contributed by atoms with Gasteiger partial charge in [0.25, 0.3) is 11.8 Å². The minimum atomic E-state index is -0.738. The van der Waals surface area contributed by atoms with Gasteiger partial charge in [0, 0.05) is 17.4 Å². The monoisotopic (exact) mass is 382 g/mol. The number of ether oxygens (including phenoxy) is 1. The number of aryl methyl sites for hydroxylation is 2. The number of furan rings is 1. The zero-order valence-corrected chi connectivity index (χ0v) is 15.1. The van der Waals surface area contributed by atoms with E-state index in [1.807, 2.05) is 12.1 Å². The lowest BCUT2D eigenvalue weighted by molar-refractivity contribution is -0.123. The molecule has 6 nitrogen and oxygen atoms in total. The highest BCUT2D eigenvalue weighted by Gasteiger charge is 2.18. The second-order valence-electron chi connectivity index (χ2n) is 6.64. The van der Waals surface area contributed by atoms with Gasteiger partial charge in [0.15, 0.2) is 6.61 Å². The molecule has 0 saturated heterocycles. The summed E-state index contributed by atoms with van der Waals surface area (Å²) in [7, 11) is 0.